The van der Waals surface area contributed by atoms with Gasteiger partial charge in [0.15, 0.2) is 0 Å². The molecule has 0 aromatic heterocycles. The van der Waals surface area contributed by atoms with E-state index in [1.807, 2.05) is 25.1 Å². The second-order valence-corrected chi connectivity index (χ2v) is 6.59. The van der Waals surface area contributed by atoms with E-state index in [-0.39, 0.29) is 6.04 Å². The fraction of sp³-hybridized carbons (Fsp3) is 0.300. The van der Waals surface area contributed by atoms with Crippen molar-refractivity contribution in [1.82, 2.24) is 0 Å². The van der Waals surface area contributed by atoms with Crippen molar-refractivity contribution >= 4 is 17.3 Å². The Morgan fingerprint density at radius 2 is 2.04 bits per heavy atom. The molecule has 0 fully saturated rings. The Bertz CT molecular complexity index is 755. The van der Waals surface area contributed by atoms with Crippen molar-refractivity contribution in [3.8, 4) is 5.75 Å². The van der Waals surface area contributed by atoms with Gasteiger partial charge in [-0.25, -0.2) is 0 Å². The van der Waals surface area contributed by atoms with Crippen LogP contribution in [0.15, 0.2) is 54.6 Å². The van der Waals surface area contributed by atoms with Crippen LogP contribution in [0.4, 0.5) is 5.69 Å². The van der Waals surface area contributed by atoms with Gasteiger partial charge in [-0.3, -0.25) is 0 Å². The summed E-state index contributed by atoms with van der Waals surface area (Å²) < 4.78 is 5.68. The quantitative estimate of drug-likeness (QED) is 0.745. The van der Waals surface area contributed by atoms with Crippen molar-refractivity contribution in [2.24, 2.45) is 5.92 Å². The van der Waals surface area contributed by atoms with Crippen molar-refractivity contribution in [3.05, 3.63) is 70.8 Å². The van der Waals surface area contributed by atoms with E-state index in [1.54, 1.807) is 0 Å². The molecule has 4 rings (SSSR count). The fourth-order valence-electron chi connectivity index (χ4n) is 3.86. The molecule has 23 heavy (non-hydrogen) atoms. The van der Waals surface area contributed by atoms with Crippen LogP contribution < -0.4 is 10.1 Å². The largest absolute Gasteiger partial charge is 0.494 e. The second-order valence-electron chi connectivity index (χ2n) is 6.18. The van der Waals surface area contributed by atoms with Gasteiger partial charge in [0.2, 0.25) is 0 Å². The number of hydrogen-bond acceptors (Lipinski definition) is 2. The van der Waals surface area contributed by atoms with Gasteiger partial charge in [0, 0.05) is 16.6 Å². The lowest BCUT2D eigenvalue weighted by Crippen LogP contribution is -2.29. The summed E-state index contributed by atoms with van der Waals surface area (Å²) in [5, 5.41) is 4.55. The van der Waals surface area contributed by atoms with E-state index >= 15 is 0 Å². The minimum atomic E-state index is 0.245. The van der Waals surface area contributed by atoms with E-state index in [0.717, 1.165) is 17.2 Å². The molecule has 0 unspecified atom stereocenters. The highest BCUT2D eigenvalue weighted by Crippen LogP contribution is 2.51. The minimum absolute atomic E-state index is 0.245. The monoisotopic (exact) mass is 325 g/mol. The summed E-state index contributed by atoms with van der Waals surface area (Å²) in [4.78, 5) is 0. The van der Waals surface area contributed by atoms with E-state index in [2.05, 4.69) is 41.7 Å². The molecule has 0 saturated carbocycles. The molecule has 0 bridgehead atoms. The van der Waals surface area contributed by atoms with Gasteiger partial charge >= 0.3 is 0 Å². The summed E-state index contributed by atoms with van der Waals surface area (Å²) in [5.74, 6) is 1.87. The highest BCUT2D eigenvalue weighted by molar-refractivity contribution is 6.31. The zero-order valence-corrected chi connectivity index (χ0v) is 13.9. The van der Waals surface area contributed by atoms with Gasteiger partial charge in [-0.1, -0.05) is 42.0 Å². The van der Waals surface area contributed by atoms with Crippen molar-refractivity contribution < 1.29 is 4.74 Å². The maximum absolute atomic E-state index is 6.46. The lowest BCUT2D eigenvalue weighted by molar-refractivity contribution is 0.338. The second kappa shape index (κ2) is 5.93. The standard InChI is InChI=1S/C20H20ClNO/c1-2-23-13-10-11-19-17(12-13)14-7-5-8-15(14)20(22-19)16-6-3-4-9-18(16)21/h3-7,9-12,14-15,20,22H,2,8H2,1H3/t14-,15+,20-/m0/s1. The SMILES string of the molecule is CCOc1ccc2c(c1)[C@H]1C=CC[C@H]1[C@@H](c1ccccc1Cl)N2. The van der Waals surface area contributed by atoms with E-state index in [9.17, 15) is 0 Å². The first-order valence-corrected chi connectivity index (χ1v) is 8.60. The number of anilines is 1. The van der Waals surface area contributed by atoms with Gasteiger partial charge in [-0.05, 0) is 54.7 Å². The molecule has 118 valence electrons. The predicted octanol–water partition coefficient (Wildman–Crippen LogP) is 5.57. The molecule has 2 aromatic rings. The third-order valence-corrected chi connectivity index (χ3v) is 5.23. The van der Waals surface area contributed by atoms with Crippen LogP contribution >= 0.6 is 11.6 Å². The van der Waals surface area contributed by atoms with E-state index in [4.69, 9.17) is 16.3 Å². The molecule has 3 atom stereocenters. The summed E-state index contributed by atoms with van der Waals surface area (Å²) in [5.41, 5.74) is 3.71. The Hall–Kier alpha value is -1.93. The Morgan fingerprint density at radius 3 is 2.87 bits per heavy atom. The summed E-state index contributed by atoms with van der Waals surface area (Å²) in [6.45, 7) is 2.71. The van der Waals surface area contributed by atoms with Gasteiger partial charge in [0.05, 0.1) is 12.6 Å². The predicted molar refractivity (Wildman–Crippen MR) is 95.4 cm³/mol. The number of hydrogen-bond donors (Lipinski definition) is 1. The van der Waals surface area contributed by atoms with Gasteiger partial charge in [-0.15, -0.1) is 0 Å². The molecule has 0 saturated heterocycles. The van der Waals surface area contributed by atoms with Crippen LogP contribution in [0.3, 0.4) is 0 Å². The first-order chi connectivity index (χ1) is 11.3. The molecular formula is C20H20ClNO. The van der Waals surface area contributed by atoms with Gasteiger partial charge in [0.25, 0.3) is 0 Å². The first kappa shape index (κ1) is 14.6. The van der Waals surface area contributed by atoms with Crippen LogP contribution in [-0.4, -0.2) is 6.61 Å². The van der Waals surface area contributed by atoms with Gasteiger partial charge in [-0.2, -0.15) is 0 Å². The molecule has 0 spiro atoms. The molecule has 2 aromatic carbocycles. The number of halogens is 1. The number of rotatable bonds is 3. The average molecular weight is 326 g/mol. The number of benzene rings is 2. The van der Waals surface area contributed by atoms with Gasteiger partial charge in [0.1, 0.15) is 5.75 Å². The molecule has 0 amide bonds. The third kappa shape index (κ3) is 2.51. The van der Waals surface area contributed by atoms with Crippen LogP contribution in [0.1, 0.15) is 36.4 Å². The third-order valence-electron chi connectivity index (χ3n) is 4.89. The summed E-state index contributed by atoms with van der Waals surface area (Å²) >= 11 is 6.46. The number of allylic oxidation sites excluding steroid dienone is 2. The molecule has 1 aliphatic carbocycles. The number of nitrogens with one attached hydrogen (secondary N) is 1. The lowest BCUT2D eigenvalue weighted by Gasteiger charge is -2.38. The van der Waals surface area contributed by atoms with E-state index in [1.165, 1.54) is 16.8 Å². The molecule has 1 N–H and O–H groups in total. The van der Waals surface area contributed by atoms with Crippen LogP contribution in [0.5, 0.6) is 5.75 Å². The molecule has 1 heterocycles. The van der Waals surface area contributed by atoms with Crippen molar-refractivity contribution in [2.75, 3.05) is 11.9 Å². The Morgan fingerprint density at radius 1 is 1.17 bits per heavy atom. The van der Waals surface area contributed by atoms with Crippen molar-refractivity contribution in [2.45, 2.75) is 25.3 Å². The van der Waals surface area contributed by atoms with Crippen LogP contribution in [-0.2, 0) is 0 Å². The molecule has 2 nitrogen and oxygen atoms in total. The van der Waals surface area contributed by atoms with Gasteiger partial charge < -0.3 is 10.1 Å². The molecule has 3 heteroatoms. The maximum Gasteiger partial charge on any atom is 0.119 e. The molecular weight excluding hydrogens is 306 g/mol. The number of fused-ring (bicyclic) bond motifs is 3. The Labute approximate surface area is 142 Å². The zero-order valence-electron chi connectivity index (χ0n) is 13.1. The molecule has 2 aliphatic rings. The van der Waals surface area contributed by atoms with E-state index in [0.29, 0.717) is 18.4 Å². The topological polar surface area (TPSA) is 21.3 Å². The normalized spacial score (nSPS) is 24.7. The highest BCUT2D eigenvalue weighted by atomic mass is 35.5. The zero-order chi connectivity index (χ0) is 15.8. The summed E-state index contributed by atoms with van der Waals surface area (Å²) in [6.07, 6.45) is 5.71. The first-order valence-electron chi connectivity index (χ1n) is 8.22. The smallest absolute Gasteiger partial charge is 0.119 e. The molecule has 0 radical (unpaired) electrons. The number of ether oxygens (including phenoxy) is 1. The van der Waals surface area contributed by atoms with Crippen LogP contribution in [0.2, 0.25) is 5.02 Å². The Kier molecular flexibility index (Phi) is 3.78. The molecule has 1 aliphatic heterocycles. The average Bonchev–Trinajstić information content (AvgIpc) is 3.05. The minimum Gasteiger partial charge on any atom is -0.494 e. The lowest BCUT2D eigenvalue weighted by atomic mass is 9.77. The highest BCUT2D eigenvalue weighted by Gasteiger charge is 2.38. The maximum atomic E-state index is 6.46. The van der Waals surface area contributed by atoms with Crippen molar-refractivity contribution in [1.29, 1.82) is 0 Å². The summed E-state index contributed by atoms with van der Waals surface area (Å²) in [7, 11) is 0. The van der Waals surface area contributed by atoms with Crippen LogP contribution in [0.25, 0.3) is 0 Å². The van der Waals surface area contributed by atoms with Crippen LogP contribution in [0, 0.1) is 5.92 Å². The fourth-order valence-corrected chi connectivity index (χ4v) is 4.12. The Balaban J connectivity index is 1.76. The van der Waals surface area contributed by atoms with Crippen molar-refractivity contribution in [3.63, 3.8) is 0 Å². The summed E-state index contributed by atoms with van der Waals surface area (Å²) in [6, 6.07) is 14.8. The van der Waals surface area contributed by atoms with E-state index < -0.39 is 0 Å².